The van der Waals surface area contributed by atoms with Crippen LogP contribution in [0, 0.1) is 0 Å². The first-order valence-corrected chi connectivity index (χ1v) is 14.8. The Morgan fingerprint density at radius 1 is 0.618 bits per heavy atom. The highest BCUT2D eigenvalue weighted by atomic mass is 16.4. The van der Waals surface area contributed by atoms with Crippen LogP contribution in [0.1, 0.15) is 149 Å². The minimum absolute atomic E-state index is 0.172. The Bertz CT molecular complexity index is 446. The molecular formula is C29H58N2O3. The Balaban J connectivity index is 4.06. The molecule has 34 heavy (non-hydrogen) atoms. The quantitative estimate of drug-likeness (QED) is 0.124. The number of nitrogens with zero attached hydrogens (tertiary/aromatic N) is 1. The number of carbonyl (C=O) groups is 2. The van der Waals surface area contributed by atoms with Gasteiger partial charge in [-0.1, -0.05) is 129 Å². The number of carboxylic acids is 1. The highest BCUT2D eigenvalue weighted by Crippen LogP contribution is 2.13. The maximum absolute atomic E-state index is 12.3. The minimum atomic E-state index is -0.982. The van der Waals surface area contributed by atoms with Crippen molar-refractivity contribution in [2.45, 2.75) is 155 Å². The Labute approximate surface area is 211 Å². The number of amides is 1. The molecule has 5 heteroatoms. The van der Waals surface area contributed by atoms with E-state index < -0.39 is 12.0 Å². The molecular weight excluding hydrogens is 424 g/mol. The van der Waals surface area contributed by atoms with Gasteiger partial charge in [0, 0.05) is 0 Å². The average molecular weight is 483 g/mol. The van der Waals surface area contributed by atoms with Crippen molar-refractivity contribution in [3.05, 3.63) is 0 Å². The molecule has 0 fully saturated rings. The van der Waals surface area contributed by atoms with Gasteiger partial charge in [-0.15, -0.1) is 0 Å². The number of hydrogen-bond acceptors (Lipinski definition) is 3. The molecule has 202 valence electrons. The third kappa shape index (κ3) is 22.7. The first kappa shape index (κ1) is 32.9. The summed E-state index contributed by atoms with van der Waals surface area (Å²) < 4.78 is 0. The largest absolute Gasteiger partial charge is 0.480 e. The fraction of sp³-hybridized carbons (Fsp3) is 0.931. The molecule has 5 nitrogen and oxygen atoms in total. The third-order valence-electron chi connectivity index (χ3n) is 6.77. The van der Waals surface area contributed by atoms with Crippen LogP contribution in [0.4, 0.5) is 0 Å². The lowest BCUT2D eigenvalue weighted by molar-refractivity contribution is -0.141. The minimum Gasteiger partial charge on any atom is -0.480 e. The van der Waals surface area contributed by atoms with Crippen LogP contribution in [-0.2, 0) is 9.59 Å². The van der Waals surface area contributed by atoms with Crippen LogP contribution in [0.25, 0.3) is 0 Å². The van der Waals surface area contributed by atoms with Crippen LogP contribution >= 0.6 is 0 Å². The lowest BCUT2D eigenvalue weighted by Crippen LogP contribution is -2.44. The highest BCUT2D eigenvalue weighted by molar-refractivity contribution is 5.84. The summed E-state index contributed by atoms with van der Waals surface area (Å²) in [5, 5.41) is 11.7. The molecule has 2 N–H and O–H groups in total. The van der Waals surface area contributed by atoms with Crippen molar-refractivity contribution in [1.82, 2.24) is 10.2 Å². The van der Waals surface area contributed by atoms with Gasteiger partial charge in [0.2, 0.25) is 5.91 Å². The Hall–Kier alpha value is -1.10. The Morgan fingerprint density at radius 2 is 0.941 bits per heavy atom. The van der Waals surface area contributed by atoms with Crippen molar-refractivity contribution in [3.8, 4) is 0 Å². The predicted molar refractivity (Wildman–Crippen MR) is 145 cm³/mol. The van der Waals surface area contributed by atoms with Crippen molar-refractivity contribution in [3.63, 3.8) is 0 Å². The molecule has 0 radical (unpaired) electrons. The number of aliphatic carboxylic acids is 1. The van der Waals surface area contributed by atoms with E-state index in [1.54, 1.807) is 0 Å². The lowest BCUT2D eigenvalue weighted by Gasteiger charge is -2.22. The Kier molecular flexibility index (Phi) is 24.2. The summed E-state index contributed by atoms with van der Waals surface area (Å²) in [5.41, 5.74) is 0. The van der Waals surface area contributed by atoms with Crippen LogP contribution < -0.4 is 5.32 Å². The normalized spacial score (nSPS) is 12.2. The maximum Gasteiger partial charge on any atom is 0.325 e. The summed E-state index contributed by atoms with van der Waals surface area (Å²) in [4.78, 5) is 25.6. The van der Waals surface area contributed by atoms with Gasteiger partial charge in [0.1, 0.15) is 6.04 Å². The smallest absolute Gasteiger partial charge is 0.325 e. The number of carboxylic acid groups (broad SMARTS) is 1. The molecule has 0 rings (SSSR count). The van der Waals surface area contributed by atoms with Crippen LogP contribution in [0.5, 0.6) is 0 Å². The zero-order valence-corrected chi connectivity index (χ0v) is 23.1. The van der Waals surface area contributed by atoms with Gasteiger partial charge in [-0.25, -0.2) is 0 Å². The molecule has 0 aliphatic carbocycles. The zero-order valence-electron chi connectivity index (χ0n) is 23.1. The summed E-state index contributed by atoms with van der Waals surface area (Å²) in [6.07, 6.45) is 26.2. The van der Waals surface area contributed by atoms with E-state index in [0.29, 0.717) is 6.54 Å². The molecule has 0 saturated heterocycles. The fourth-order valence-corrected chi connectivity index (χ4v) is 4.47. The molecule has 0 aliphatic heterocycles. The number of nitrogens with one attached hydrogen (secondary N) is 1. The molecule has 0 heterocycles. The van der Waals surface area contributed by atoms with Gasteiger partial charge < -0.3 is 10.4 Å². The second kappa shape index (κ2) is 25.0. The van der Waals surface area contributed by atoms with Gasteiger partial charge in [-0.05, 0) is 32.9 Å². The molecule has 1 unspecified atom stereocenters. The summed E-state index contributed by atoms with van der Waals surface area (Å²) in [5.74, 6) is -1.15. The summed E-state index contributed by atoms with van der Waals surface area (Å²) in [6.45, 7) is 8.22. The van der Waals surface area contributed by atoms with Gasteiger partial charge in [0.05, 0.1) is 6.54 Å². The SMILES string of the molecule is CCCCCCCCCCCCN(CCCCCCCCCCCC)CC(=O)NC(C)C(=O)O. The number of rotatable bonds is 26. The van der Waals surface area contributed by atoms with E-state index in [-0.39, 0.29) is 5.91 Å². The second-order valence-corrected chi connectivity index (χ2v) is 10.3. The molecule has 0 saturated carbocycles. The van der Waals surface area contributed by atoms with Gasteiger partial charge in [-0.2, -0.15) is 0 Å². The first-order chi connectivity index (χ1) is 16.5. The number of hydrogen-bond donors (Lipinski definition) is 2. The highest BCUT2D eigenvalue weighted by Gasteiger charge is 2.16. The summed E-state index contributed by atoms with van der Waals surface area (Å²) in [6, 6.07) is -0.830. The van der Waals surface area contributed by atoms with Gasteiger partial charge in [-0.3, -0.25) is 14.5 Å². The van der Waals surface area contributed by atoms with Crippen molar-refractivity contribution < 1.29 is 14.7 Å². The van der Waals surface area contributed by atoms with Crippen LogP contribution in [0.15, 0.2) is 0 Å². The van der Waals surface area contributed by atoms with Crippen molar-refractivity contribution in [2.75, 3.05) is 19.6 Å². The van der Waals surface area contributed by atoms with E-state index in [1.165, 1.54) is 122 Å². The molecule has 0 aromatic heterocycles. The second-order valence-electron chi connectivity index (χ2n) is 10.3. The van der Waals surface area contributed by atoms with Gasteiger partial charge in [0.15, 0.2) is 0 Å². The molecule has 0 aliphatic rings. The van der Waals surface area contributed by atoms with Gasteiger partial charge in [0.25, 0.3) is 0 Å². The molecule has 0 aromatic rings. The topological polar surface area (TPSA) is 69.6 Å². The van der Waals surface area contributed by atoms with Crippen LogP contribution in [-0.4, -0.2) is 47.6 Å². The van der Waals surface area contributed by atoms with Crippen molar-refractivity contribution >= 4 is 11.9 Å². The number of carbonyl (C=O) groups excluding carboxylic acids is 1. The monoisotopic (exact) mass is 482 g/mol. The number of unbranched alkanes of at least 4 members (excludes halogenated alkanes) is 18. The Morgan fingerprint density at radius 3 is 1.26 bits per heavy atom. The maximum atomic E-state index is 12.3. The molecule has 1 atom stereocenters. The predicted octanol–water partition coefficient (Wildman–Crippen LogP) is 7.72. The average Bonchev–Trinajstić information content (AvgIpc) is 2.81. The van der Waals surface area contributed by atoms with Crippen LogP contribution in [0.2, 0.25) is 0 Å². The molecule has 0 spiro atoms. The van der Waals surface area contributed by atoms with Crippen molar-refractivity contribution in [2.24, 2.45) is 0 Å². The molecule has 0 bridgehead atoms. The third-order valence-corrected chi connectivity index (χ3v) is 6.77. The van der Waals surface area contributed by atoms with Gasteiger partial charge >= 0.3 is 5.97 Å². The van der Waals surface area contributed by atoms with E-state index in [2.05, 4.69) is 24.1 Å². The van der Waals surface area contributed by atoms with E-state index in [9.17, 15) is 9.59 Å². The summed E-state index contributed by atoms with van der Waals surface area (Å²) >= 11 is 0. The fourth-order valence-electron chi connectivity index (χ4n) is 4.47. The lowest BCUT2D eigenvalue weighted by atomic mass is 10.1. The summed E-state index contributed by atoms with van der Waals surface area (Å²) in [7, 11) is 0. The molecule has 1 amide bonds. The van der Waals surface area contributed by atoms with E-state index in [0.717, 1.165) is 25.9 Å². The molecule has 0 aromatic carbocycles. The standard InChI is InChI=1S/C29H58N2O3/c1-4-6-8-10-12-14-16-18-20-22-24-31(26-28(32)30-27(3)29(33)34)25-23-21-19-17-15-13-11-9-7-5-2/h27H,4-26H2,1-3H3,(H,30,32)(H,33,34). The van der Waals surface area contributed by atoms with E-state index in [4.69, 9.17) is 5.11 Å². The zero-order chi connectivity index (χ0) is 25.3. The van der Waals surface area contributed by atoms with E-state index >= 15 is 0 Å². The van der Waals surface area contributed by atoms with Crippen molar-refractivity contribution in [1.29, 1.82) is 0 Å². The first-order valence-electron chi connectivity index (χ1n) is 14.8. The van der Waals surface area contributed by atoms with E-state index in [1.807, 2.05) is 0 Å². The van der Waals surface area contributed by atoms with Crippen LogP contribution in [0.3, 0.4) is 0 Å².